The number of hydrogen-bond donors (Lipinski definition) is 0. The zero-order valence-electron chi connectivity index (χ0n) is 9.62. The van der Waals surface area contributed by atoms with Gasteiger partial charge in [-0.2, -0.15) is 0 Å². The first-order valence-corrected chi connectivity index (χ1v) is 8.30. The minimum absolute atomic E-state index is 1.17. The van der Waals surface area contributed by atoms with Gasteiger partial charge in [-0.25, -0.2) is 0 Å². The van der Waals surface area contributed by atoms with E-state index in [2.05, 4.69) is 0 Å². The standard InChI is InChI=1S/C14H23P/c1-3-11-5-9(1)7-13(11)15-14-8-10-2-4-12(14)6-10/h9-15H,1-8H2/t9-,10?,11+,12?,13?,14?/m1/s1. The summed E-state index contributed by atoms with van der Waals surface area (Å²) in [6.45, 7) is 0. The summed E-state index contributed by atoms with van der Waals surface area (Å²) in [6, 6.07) is 0. The molecule has 0 radical (unpaired) electrons. The van der Waals surface area contributed by atoms with Crippen molar-refractivity contribution in [1.29, 1.82) is 0 Å². The highest BCUT2D eigenvalue weighted by atomic mass is 31.1. The van der Waals surface area contributed by atoms with E-state index in [4.69, 9.17) is 0 Å². The molecule has 1 heteroatoms. The van der Waals surface area contributed by atoms with E-state index in [0.29, 0.717) is 0 Å². The molecule has 0 nitrogen and oxygen atoms in total. The molecular weight excluding hydrogens is 199 g/mol. The van der Waals surface area contributed by atoms with Crippen LogP contribution in [0.4, 0.5) is 0 Å². The van der Waals surface area contributed by atoms with Crippen molar-refractivity contribution in [2.24, 2.45) is 23.7 Å². The van der Waals surface area contributed by atoms with Crippen molar-refractivity contribution >= 4 is 8.58 Å². The van der Waals surface area contributed by atoms with Gasteiger partial charge in [-0.3, -0.25) is 0 Å². The molecule has 4 aliphatic rings. The van der Waals surface area contributed by atoms with E-state index >= 15 is 0 Å². The molecule has 0 aliphatic heterocycles. The van der Waals surface area contributed by atoms with Crippen LogP contribution in [0.2, 0.25) is 0 Å². The Morgan fingerprint density at radius 2 is 1.13 bits per heavy atom. The third kappa shape index (κ3) is 1.51. The van der Waals surface area contributed by atoms with Crippen molar-refractivity contribution in [2.45, 2.75) is 62.7 Å². The Hall–Kier alpha value is 0.430. The molecule has 4 bridgehead atoms. The van der Waals surface area contributed by atoms with Crippen LogP contribution in [0.15, 0.2) is 0 Å². The van der Waals surface area contributed by atoms with E-state index in [0.717, 1.165) is 0 Å². The van der Waals surface area contributed by atoms with Gasteiger partial charge in [0.05, 0.1) is 0 Å². The lowest BCUT2D eigenvalue weighted by Gasteiger charge is -2.29. The summed E-state index contributed by atoms with van der Waals surface area (Å²) in [4.78, 5) is 0. The van der Waals surface area contributed by atoms with Gasteiger partial charge >= 0.3 is 0 Å². The third-order valence-electron chi connectivity index (χ3n) is 5.90. The van der Waals surface area contributed by atoms with Crippen molar-refractivity contribution in [3.05, 3.63) is 0 Å². The monoisotopic (exact) mass is 222 g/mol. The van der Waals surface area contributed by atoms with Crippen molar-refractivity contribution in [2.75, 3.05) is 0 Å². The molecule has 4 aliphatic carbocycles. The second kappa shape index (κ2) is 3.46. The van der Waals surface area contributed by atoms with E-state index in [1.165, 1.54) is 43.6 Å². The van der Waals surface area contributed by atoms with Gasteiger partial charge in [-0.1, -0.05) is 12.8 Å². The summed E-state index contributed by atoms with van der Waals surface area (Å²) < 4.78 is 0. The predicted molar refractivity (Wildman–Crippen MR) is 66.8 cm³/mol. The Bertz CT molecular complexity index is 236. The number of rotatable bonds is 2. The zero-order valence-corrected chi connectivity index (χ0v) is 10.6. The Morgan fingerprint density at radius 3 is 1.47 bits per heavy atom. The van der Waals surface area contributed by atoms with Gasteiger partial charge in [-0.05, 0) is 73.5 Å². The normalized spacial score (nSPS) is 57.6. The highest BCUT2D eigenvalue weighted by Gasteiger charge is 2.44. The van der Waals surface area contributed by atoms with E-state index in [1.807, 2.05) is 0 Å². The lowest BCUT2D eigenvalue weighted by molar-refractivity contribution is 0.466. The fourth-order valence-corrected chi connectivity index (χ4v) is 7.81. The Balaban J connectivity index is 1.40. The van der Waals surface area contributed by atoms with Crippen molar-refractivity contribution in [3.8, 4) is 0 Å². The molecule has 0 aromatic rings. The van der Waals surface area contributed by atoms with Gasteiger partial charge in [-0.15, -0.1) is 8.58 Å². The number of hydrogen-bond acceptors (Lipinski definition) is 0. The van der Waals surface area contributed by atoms with Crippen LogP contribution in [0.3, 0.4) is 0 Å². The highest BCUT2D eigenvalue weighted by molar-refractivity contribution is 7.39. The molecule has 5 unspecified atom stereocenters. The molecule has 84 valence electrons. The van der Waals surface area contributed by atoms with Gasteiger partial charge < -0.3 is 0 Å². The first-order valence-electron chi connectivity index (χ1n) is 7.14. The number of fused-ring (bicyclic) bond motifs is 4. The topological polar surface area (TPSA) is 0 Å². The molecule has 0 heterocycles. The molecule has 0 amide bonds. The van der Waals surface area contributed by atoms with Gasteiger partial charge in [0, 0.05) is 0 Å². The van der Waals surface area contributed by atoms with Crippen LogP contribution >= 0.6 is 8.58 Å². The molecular formula is C14H23P. The highest BCUT2D eigenvalue weighted by Crippen LogP contribution is 2.58. The second-order valence-corrected chi connectivity index (χ2v) is 8.55. The third-order valence-corrected chi connectivity index (χ3v) is 8.17. The molecule has 4 rings (SSSR count). The van der Waals surface area contributed by atoms with Gasteiger partial charge in [0.2, 0.25) is 0 Å². The van der Waals surface area contributed by atoms with Crippen molar-refractivity contribution in [1.82, 2.24) is 0 Å². The first-order chi connectivity index (χ1) is 7.38. The molecule has 15 heavy (non-hydrogen) atoms. The maximum absolute atomic E-state index is 1.64. The lowest BCUT2D eigenvalue weighted by Crippen LogP contribution is -2.19. The van der Waals surface area contributed by atoms with Crippen LogP contribution in [-0.4, -0.2) is 11.3 Å². The quantitative estimate of drug-likeness (QED) is 0.618. The largest absolute Gasteiger partial charge is 0.115 e. The van der Waals surface area contributed by atoms with E-state index in [1.54, 1.807) is 51.4 Å². The smallest absolute Gasteiger partial charge is 0.0203 e. The maximum Gasteiger partial charge on any atom is -0.0203 e. The summed E-state index contributed by atoms with van der Waals surface area (Å²) in [5.41, 5.74) is 2.40. The summed E-state index contributed by atoms with van der Waals surface area (Å²) in [5.74, 6) is 4.72. The fraction of sp³-hybridized carbons (Fsp3) is 1.00. The molecule has 0 aromatic carbocycles. The Labute approximate surface area is 95.4 Å². The van der Waals surface area contributed by atoms with Crippen LogP contribution in [-0.2, 0) is 0 Å². The Morgan fingerprint density at radius 1 is 0.600 bits per heavy atom. The summed E-state index contributed by atoms with van der Waals surface area (Å²) in [6.07, 6.45) is 12.9. The minimum Gasteiger partial charge on any atom is -0.115 e. The Kier molecular flexibility index (Phi) is 2.18. The van der Waals surface area contributed by atoms with Gasteiger partial charge in [0.25, 0.3) is 0 Å². The molecule has 4 fully saturated rings. The molecule has 0 aromatic heterocycles. The van der Waals surface area contributed by atoms with Gasteiger partial charge in [0.1, 0.15) is 0 Å². The van der Waals surface area contributed by atoms with Gasteiger partial charge in [0.15, 0.2) is 0 Å². The SMILES string of the molecule is C1CC2CC1CC2PC1C[C@@H]2CC[C@H]1C2. The first kappa shape index (κ1) is 9.46. The molecule has 0 N–H and O–H groups in total. The van der Waals surface area contributed by atoms with E-state index in [-0.39, 0.29) is 0 Å². The van der Waals surface area contributed by atoms with E-state index in [9.17, 15) is 0 Å². The zero-order chi connectivity index (χ0) is 9.83. The lowest BCUT2D eigenvalue weighted by atomic mass is 10.00. The molecule has 7 atom stereocenters. The summed E-state index contributed by atoms with van der Waals surface area (Å²) >= 11 is 0. The average Bonchev–Trinajstić information content (AvgIpc) is 2.96. The van der Waals surface area contributed by atoms with Crippen molar-refractivity contribution < 1.29 is 0 Å². The molecule has 4 saturated carbocycles. The molecule has 0 saturated heterocycles. The minimum atomic E-state index is 1.17. The summed E-state index contributed by atoms with van der Waals surface area (Å²) in [7, 11) is 1.37. The van der Waals surface area contributed by atoms with Crippen LogP contribution in [0.5, 0.6) is 0 Å². The maximum atomic E-state index is 1.64. The predicted octanol–water partition coefficient (Wildman–Crippen LogP) is 4.04. The fourth-order valence-electron chi connectivity index (χ4n) is 5.17. The van der Waals surface area contributed by atoms with Crippen LogP contribution in [0.25, 0.3) is 0 Å². The van der Waals surface area contributed by atoms with Crippen LogP contribution in [0.1, 0.15) is 51.4 Å². The second-order valence-electron chi connectivity index (χ2n) is 6.73. The van der Waals surface area contributed by atoms with Crippen molar-refractivity contribution in [3.63, 3.8) is 0 Å². The average molecular weight is 222 g/mol. The van der Waals surface area contributed by atoms with Crippen LogP contribution < -0.4 is 0 Å². The van der Waals surface area contributed by atoms with Crippen LogP contribution in [0, 0.1) is 23.7 Å². The van der Waals surface area contributed by atoms with E-state index < -0.39 is 0 Å². The summed E-state index contributed by atoms with van der Waals surface area (Å²) in [5, 5.41) is 0. The molecule has 0 spiro atoms.